The summed E-state index contributed by atoms with van der Waals surface area (Å²) in [7, 11) is -1.68. The van der Waals surface area contributed by atoms with Gasteiger partial charge in [-0.25, -0.2) is 14.8 Å². The quantitative estimate of drug-likeness (QED) is 0.289. The van der Waals surface area contributed by atoms with Gasteiger partial charge >= 0.3 is 13.1 Å². The van der Waals surface area contributed by atoms with E-state index in [0.717, 1.165) is 22.3 Å². The van der Waals surface area contributed by atoms with Crippen molar-refractivity contribution in [2.24, 2.45) is 0 Å². The van der Waals surface area contributed by atoms with Crippen LogP contribution in [-0.2, 0) is 12.8 Å². The molecule has 0 saturated carbocycles. The van der Waals surface area contributed by atoms with Gasteiger partial charge in [0.1, 0.15) is 6.07 Å². The van der Waals surface area contributed by atoms with Crippen LogP contribution in [0.4, 0.5) is 4.79 Å². The van der Waals surface area contributed by atoms with Crippen molar-refractivity contribution in [3.05, 3.63) is 95.1 Å². The molecule has 0 radical (unpaired) electrons. The second-order valence-corrected chi connectivity index (χ2v) is 7.85. The molecule has 0 aliphatic carbocycles. The Balaban J connectivity index is 1.54. The summed E-state index contributed by atoms with van der Waals surface area (Å²) in [5.41, 5.74) is 4.16. The Labute approximate surface area is 199 Å². The van der Waals surface area contributed by atoms with E-state index in [4.69, 9.17) is 0 Å². The summed E-state index contributed by atoms with van der Waals surface area (Å²) >= 11 is 0. The lowest BCUT2D eigenvalue weighted by atomic mass is 9.76. The molecule has 1 unspecified atom stereocenters. The van der Waals surface area contributed by atoms with Crippen molar-refractivity contribution in [3.8, 4) is 6.07 Å². The molecule has 0 fully saturated rings. The minimum absolute atomic E-state index is 0.298. The first-order valence-electron chi connectivity index (χ1n) is 10.9. The molecule has 0 spiro atoms. The van der Waals surface area contributed by atoms with Gasteiger partial charge in [0.15, 0.2) is 5.82 Å². The molecule has 0 bridgehead atoms. The summed E-state index contributed by atoms with van der Waals surface area (Å²) < 4.78 is 0. The number of aryl methyl sites for hydroxylation is 1. The monoisotopic (exact) mass is 455 g/mol. The molecule has 4 N–H and O–H groups in total. The Morgan fingerprint density at radius 3 is 2.53 bits per heavy atom. The van der Waals surface area contributed by atoms with Crippen LogP contribution >= 0.6 is 0 Å². The van der Waals surface area contributed by atoms with Gasteiger partial charge in [0.2, 0.25) is 0 Å². The number of carbonyl (C=O) groups excluding carboxylic acids is 1. The number of hydrogen-bond donors (Lipinski definition) is 4. The van der Waals surface area contributed by atoms with Crippen LogP contribution in [-0.4, -0.2) is 45.7 Å². The second-order valence-electron chi connectivity index (χ2n) is 7.85. The maximum atomic E-state index is 12.3. The smallest absolute Gasteiger partial charge is 0.426 e. The van der Waals surface area contributed by atoms with Gasteiger partial charge in [0.25, 0.3) is 0 Å². The van der Waals surface area contributed by atoms with E-state index in [9.17, 15) is 20.1 Å². The van der Waals surface area contributed by atoms with E-state index in [0.29, 0.717) is 30.8 Å². The van der Waals surface area contributed by atoms with Crippen molar-refractivity contribution in [1.29, 1.82) is 5.26 Å². The molecule has 0 saturated heterocycles. The number of hydrogen-bond acceptors (Lipinski definition) is 6. The van der Waals surface area contributed by atoms with E-state index >= 15 is 0 Å². The molecule has 1 heterocycles. The summed E-state index contributed by atoms with van der Waals surface area (Å²) in [6, 6.07) is 18.6. The number of urea groups is 1. The maximum absolute atomic E-state index is 12.3. The number of nitrogens with one attached hydrogen (secondary N) is 2. The third-order valence-electron chi connectivity index (χ3n) is 5.14. The van der Waals surface area contributed by atoms with Crippen LogP contribution in [0.25, 0.3) is 11.6 Å². The molecule has 1 aromatic heterocycles. The summed E-state index contributed by atoms with van der Waals surface area (Å²) in [5, 5.41) is 34.1. The number of nitriles is 1. The fourth-order valence-electron chi connectivity index (χ4n) is 3.34. The van der Waals surface area contributed by atoms with E-state index in [1.165, 1.54) is 0 Å². The molecule has 2 aromatic carbocycles. The predicted molar refractivity (Wildman–Crippen MR) is 131 cm³/mol. The van der Waals surface area contributed by atoms with Crippen LogP contribution in [0.1, 0.15) is 28.1 Å². The fraction of sp³-hybridized carbons (Fsp3) is 0.200. The van der Waals surface area contributed by atoms with Crippen molar-refractivity contribution in [1.82, 2.24) is 20.6 Å². The van der Waals surface area contributed by atoms with E-state index in [2.05, 4.69) is 26.7 Å². The van der Waals surface area contributed by atoms with E-state index in [-0.39, 0.29) is 0 Å². The van der Waals surface area contributed by atoms with Crippen LogP contribution in [0.3, 0.4) is 0 Å². The van der Waals surface area contributed by atoms with Gasteiger partial charge in [-0.2, -0.15) is 5.26 Å². The molecule has 1 atom stereocenters. The van der Waals surface area contributed by atoms with Crippen molar-refractivity contribution < 1.29 is 14.8 Å². The Morgan fingerprint density at radius 1 is 1.12 bits per heavy atom. The van der Waals surface area contributed by atoms with Gasteiger partial charge in [0.05, 0.1) is 11.5 Å². The third kappa shape index (κ3) is 7.55. The summed E-state index contributed by atoms with van der Waals surface area (Å²) in [6.07, 6.45) is 5.75. The Kier molecular flexibility index (Phi) is 8.92. The number of rotatable bonds is 9. The lowest BCUT2D eigenvalue weighted by Gasteiger charge is -2.18. The van der Waals surface area contributed by atoms with Gasteiger partial charge in [0, 0.05) is 18.9 Å². The molecule has 9 heteroatoms. The molecule has 8 nitrogen and oxygen atoms in total. The topological polar surface area (TPSA) is 131 Å². The molecule has 34 heavy (non-hydrogen) atoms. The van der Waals surface area contributed by atoms with E-state index in [1.54, 1.807) is 24.5 Å². The van der Waals surface area contributed by atoms with Gasteiger partial charge < -0.3 is 20.7 Å². The molecular formula is C25H26BN5O3. The lowest BCUT2D eigenvalue weighted by molar-refractivity contribution is 0.237. The summed E-state index contributed by atoms with van der Waals surface area (Å²) in [5.74, 6) is -0.471. The summed E-state index contributed by atoms with van der Waals surface area (Å²) in [4.78, 5) is 20.5. The first-order chi connectivity index (χ1) is 16.4. The molecule has 0 aliphatic rings. The highest BCUT2D eigenvalue weighted by molar-refractivity contribution is 6.43. The first kappa shape index (κ1) is 24.6. The van der Waals surface area contributed by atoms with E-state index < -0.39 is 19.1 Å². The van der Waals surface area contributed by atoms with Crippen LogP contribution in [0.2, 0.25) is 0 Å². The van der Waals surface area contributed by atoms with Gasteiger partial charge in [-0.15, -0.1) is 0 Å². The lowest BCUT2D eigenvalue weighted by Crippen LogP contribution is -2.51. The van der Waals surface area contributed by atoms with Crippen molar-refractivity contribution in [2.75, 3.05) is 6.54 Å². The number of carbonyl (C=O) groups is 1. The van der Waals surface area contributed by atoms with Gasteiger partial charge in [-0.3, -0.25) is 0 Å². The highest BCUT2D eigenvalue weighted by atomic mass is 16.4. The maximum Gasteiger partial charge on any atom is 0.475 e. The van der Waals surface area contributed by atoms with Crippen LogP contribution < -0.4 is 10.6 Å². The van der Waals surface area contributed by atoms with Crippen LogP contribution in [0.5, 0.6) is 0 Å². The number of allylic oxidation sites excluding steroid dienone is 1. The molecule has 3 rings (SSSR count). The second kappa shape index (κ2) is 12.3. The van der Waals surface area contributed by atoms with Crippen molar-refractivity contribution in [3.63, 3.8) is 0 Å². The Hall–Kier alpha value is -4.00. The number of amides is 2. The normalized spacial score (nSPS) is 11.9. The highest BCUT2D eigenvalue weighted by Gasteiger charge is 2.25. The minimum atomic E-state index is -1.68. The average Bonchev–Trinajstić information content (AvgIpc) is 2.84. The zero-order valence-corrected chi connectivity index (χ0v) is 18.8. The third-order valence-corrected chi connectivity index (χ3v) is 5.14. The molecule has 0 aliphatic heterocycles. The molecule has 2 amide bonds. The number of benzene rings is 2. The van der Waals surface area contributed by atoms with Crippen LogP contribution in [0, 0.1) is 18.3 Å². The molecular weight excluding hydrogens is 429 g/mol. The zero-order valence-electron chi connectivity index (χ0n) is 18.8. The van der Waals surface area contributed by atoms with Crippen molar-refractivity contribution >= 4 is 24.8 Å². The molecule has 3 aromatic rings. The average molecular weight is 455 g/mol. The zero-order chi connectivity index (χ0) is 24.3. The Bertz CT molecular complexity index is 1160. The van der Waals surface area contributed by atoms with Crippen molar-refractivity contribution in [2.45, 2.75) is 25.7 Å². The first-order valence-corrected chi connectivity index (χ1v) is 10.9. The van der Waals surface area contributed by atoms with E-state index in [1.807, 2.05) is 55.5 Å². The summed E-state index contributed by atoms with van der Waals surface area (Å²) in [6.45, 7) is 2.32. The van der Waals surface area contributed by atoms with Gasteiger partial charge in [-0.05, 0) is 48.6 Å². The standard InChI is InChI=1S/C25H26BN5O3/c1-18-6-8-20(9-7-18)16-23(26(33)34)31-25(32)30-13-10-19-4-2-5-21(14-19)15-22(17-27)24-28-11-3-12-29-24/h2-9,11-12,14-15,23,33-34H,10,13,16H2,1H3,(H2,30,31,32). The molecule has 172 valence electrons. The fourth-order valence-corrected chi connectivity index (χ4v) is 3.34. The van der Waals surface area contributed by atoms with Crippen LogP contribution in [0.15, 0.2) is 67.0 Å². The number of nitrogens with zero attached hydrogens (tertiary/aromatic N) is 3. The Morgan fingerprint density at radius 2 is 1.85 bits per heavy atom. The van der Waals surface area contributed by atoms with Gasteiger partial charge in [-0.1, -0.05) is 54.1 Å². The minimum Gasteiger partial charge on any atom is -0.426 e. The SMILES string of the molecule is Cc1ccc(CC(NC(=O)NCCc2cccc(C=C(C#N)c3ncccn3)c2)B(O)O)cc1. The largest absolute Gasteiger partial charge is 0.475 e. The highest BCUT2D eigenvalue weighted by Crippen LogP contribution is 2.15. The predicted octanol–water partition coefficient (Wildman–Crippen LogP) is 2.31. The number of aromatic nitrogens is 2.